The van der Waals surface area contributed by atoms with Crippen LogP contribution in [0.4, 0.5) is 0 Å². The van der Waals surface area contributed by atoms with Gasteiger partial charge in [0.15, 0.2) is 0 Å². The molecule has 1 fully saturated rings. The molecule has 0 saturated heterocycles. The molecule has 5 nitrogen and oxygen atoms in total. The van der Waals surface area contributed by atoms with Gasteiger partial charge in [-0.3, -0.25) is 4.79 Å². The maximum Gasteiger partial charge on any atom is 0.252 e. The van der Waals surface area contributed by atoms with Gasteiger partial charge in [0, 0.05) is 11.9 Å². The molecule has 2 rings (SSSR count). The van der Waals surface area contributed by atoms with E-state index >= 15 is 0 Å². The van der Waals surface area contributed by atoms with Crippen LogP contribution in [0.1, 0.15) is 43.0 Å². The standard InChI is InChI=1S/C12H18N2O3S2/c1-12(4-2-3-5-12)8-14-11(15)9-6-10(18-7-9)19(13,16)17/h6-7H,2-5,8H2,1H3,(H,14,15)(H2,13,16,17). The lowest BCUT2D eigenvalue weighted by atomic mass is 9.89. The van der Waals surface area contributed by atoms with E-state index in [1.807, 2.05) is 0 Å². The summed E-state index contributed by atoms with van der Waals surface area (Å²) in [6, 6.07) is 1.33. The van der Waals surface area contributed by atoms with Crippen molar-refractivity contribution in [1.82, 2.24) is 5.32 Å². The highest BCUT2D eigenvalue weighted by molar-refractivity contribution is 7.91. The van der Waals surface area contributed by atoms with Crippen molar-refractivity contribution in [2.45, 2.75) is 36.8 Å². The van der Waals surface area contributed by atoms with Crippen molar-refractivity contribution in [2.75, 3.05) is 6.54 Å². The van der Waals surface area contributed by atoms with Crippen molar-refractivity contribution in [3.05, 3.63) is 17.0 Å². The van der Waals surface area contributed by atoms with Crippen LogP contribution in [0, 0.1) is 5.41 Å². The molecular weight excluding hydrogens is 284 g/mol. The molecule has 1 heterocycles. The Morgan fingerprint density at radius 3 is 2.63 bits per heavy atom. The van der Waals surface area contributed by atoms with Gasteiger partial charge in [-0.05, 0) is 24.3 Å². The van der Waals surface area contributed by atoms with Gasteiger partial charge < -0.3 is 5.32 Å². The number of rotatable bonds is 4. The Bertz CT molecular complexity index is 572. The Hall–Kier alpha value is -0.920. The normalized spacial score (nSPS) is 18.4. The van der Waals surface area contributed by atoms with Gasteiger partial charge in [-0.1, -0.05) is 19.8 Å². The highest BCUT2D eigenvalue weighted by atomic mass is 32.2. The number of primary sulfonamides is 1. The highest BCUT2D eigenvalue weighted by Gasteiger charge is 2.29. The molecule has 0 aliphatic heterocycles. The molecule has 3 N–H and O–H groups in total. The first kappa shape index (κ1) is 14.5. The van der Waals surface area contributed by atoms with Gasteiger partial charge in [0.2, 0.25) is 10.0 Å². The Morgan fingerprint density at radius 1 is 1.47 bits per heavy atom. The number of nitrogens with one attached hydrogen (secondary N) is 1. The first-order valence-corrected chi connectivity index (χ1v) is 8.62. The van der Waals surface area contributed by atoms with Crippen LogP contribution < -0.4 is 10.5 Å². The molecule has 0 atom stereocenters. The summed E-state index contributed by atoms with van der Waals surface area (Å²) in [6.07, 6.45) is 4.67. The maximum atomic E-state index is 11.9. The molecule has 1 aliphatic rings. The van der Waals surface area contributed by atoms with Crippen molar-refractivity contribution in [3.8, 4) is 0 Å². The summed E-state index contributed by atoms with van der Waals surface area (Å²) in [7, 11) is -3.72. The molecule has 0 radical (unpaired) electrons. The van der Waals surface area contributed by atoms with Gasteiger partial charge in [0.05, 0.1) is 5.56 Å². The lowest BCUT2D eigenvalue weighted by Gasteiger charge is -2.23. The number of carbonyl (C=O) groups is 1. The fourth-order valence-corrected chi connectivity index (χ4v) is 3.97. The fraction of sp³-hybridized carbons (Fsp3) is 0.583. The van der Waals surface area contributed by atoms with Gasteiger partial charge in [0.1, 0.15) is 4.21 Å². The number of hydrogen-bond acceptors (Lipinski definition) is 4. The van der Waals surface area contributed by atoms with Crippen LogP contribution in [-0.4, -0.2) is 20.9 Å². The number of carbonyl (C=O) groups excluding carboxylic acids is 1. The number of hydrogen-bond donors (Lipinski definition) is 2. The van der Waals surface area contributed by atoms with Crippen LogP contribution in [0.15, 0.2) is 15.7 Å². The molecule has 0 unspecified atom stereocenters. The van der Waals surface area contributed by atoms with Gasteiger partial charge >= 0.3 is 0 Å². The van der Waals surface area contributed by atoms with Crippen LogP contribution >= 0.6 is 11.3 Å². The molecule has 0 bridgehead atoms. The molecule has 0 aromatic carbocycles. The second kappa shape index (κ2) is 5.22. The van der Waals surface area contributed by atoms with Crippen LogP contribution in [-0.2, 0) is 10.0 Å². The predicted molar refractivity (Wildman–Crippen MR) is 74.6 cm³/mol. The van der Waals surface area contributed by atoms with E-state index < -0.39 is 10.0 Å². The van der Waals surface area contributed by atoms with Crippen molar-refractivity contribution in [3.63, 3.8) is 0 Å². The highest BCUT2D eigenvalue weighted by Crippen LogP contribution is 2.36. The summed E-state index contributed by atoms with van der Waals surface area (Å²) in [6.45, 7) is 2.80. The van der Waals surface area contributed by atoms with E-state index in [1.165, 1.54) is 24.3 Å². The van der Waals surface area contributed by atoms with Crippen molar-refractivity contribution in [2.24, 2.45) is 10.6 Å². The van der Waals surface area contributed by atoms with Crippen LogP contribution in [0.5, 0.6) is 0 Å². The molecule has 7 heteroatoms. The third-order valence-electron chi connectivity index (χ3n) is 3.60. The SMILES string of the molecule is CC1(CNC(=O)c2csc(S(N)(=O)=O)c2)CCCC1. The summed E-state index contributed by atoms with van der Waals surface area (Å²) in [5, 5.41) is 9.41. The smallest absolute Gasteiger partial charge is 0.252 e. The Kier molecular flexibility index (Phi) is 3.98. The second-order valence-corrected chi connectivity index (χ2v) is 8.10. The lowest BCUT2D eigenvalue weighted by Crippen LogP contribution is -2.33. The number of thiophene rings is 1. The minimum Gasteiger partial charge on any atom is -0.351 e. The average Bonchev–Trinajstić information content (AvgIpc) is 2.94. The molecule has 1 aliphatic carbocycles. The maximum absolute atomic E-state index is 11.9. The first-order chi connectivity index (χ1) is 8.80. The predicted octanol–water partition coefficient (Wildman–Crippen LogP) is 1.71. The summed E-state index contributed by atoms with van der Waals surface area (Å²) in [4.78, 5) is 11.9. The van der Waals surface area contributed by atoms with E-state index in [9.17, 15) is 13.2 Å². The molecule has 19 heavy (non-hydrogen) atoms. The van der Waals surface area contributed by atoms with Gasteiger partial charge in [0.25, 0.3) is 5.91 Å². The zero-order chi connectivity index (χ0) is 14.1. The van der Waals surface area contributed by atoms with Gasteiger partial charge in [-0.2, -0.15) is 0 Å². The third-order valence-corrected chi connectivity index (χ3v) is 5.99. The lowest BCUT2D eigenvalue weighted by molar-refractivity contribution is 0.0934. The summed E-state index contributed by atoms with van der Waals surface area (Å²) >= 11 is 0.968. The molecular formula is C12H18N2O3S2. The quantitative estimate of drug-likeness (QED) is 0.887. The van der Waals surface area contributed by atoms with Crippen molar-refractivity contribution >= 4 is 27.3 Å². The van der Waals surface area contributed by atoms with E-state index in [-0.39, 0.29) is 15.5 Å². The average molecular weight is 302 g/mol. The van der Waals surface area contributed by atoms with Gasteiger partial charge in [-0.15, -0.1) is 11.3 Å². The molecule has 1 aromatic heterocycles. The minimum absolute atomic E-state index is 0.0183. The van der Waals surface area contributed by atoms with Gasteiger partial charge in [-0.25, -0.2) is 13.6 Å². The number of nitrogens with two attached hydrogens (primary N) is 1. The molecule has 106 valence electrons. The molecule has 0 spiro atoms. The van der Waals surface area contributed by atoms with E-state index in [0.29, 0.717) is 12.1 Å². The molecule has 1 amide bonds. The summed E-state index contributed by atoms with van der Waals surface area (Å²) < 4.78 is 22.3. The topological polar surface area (TPSA) is 89.3 Å². The van der Waals surface area contributed by atoms with Crippen molar-refractivity contribution in [1.29, 1.82) is 0 Å². The third kappa shape index (κ3) is 3.55. The number of sulfonamides is 1. The minimum atomic E-state index is -3.72. The monoisotopic (exact) mass is 302 g/mol. The summed E-state index contributed by atoms with van der Waals surface area (Å²) in [5.41, 5.74) is 0.532. The first-order valence-electron chi connectivity index (χ1n) is 6.20. The van der Waals surface area contributed by atoms with Crippen molar-refractivity contribution < 1.29 is 13.2 Å². The Morgan fingerprint density at radius 2 is 2.11 bits per heavy atom. The fourth-order valence-electron chi connectivity index (χ4n) is 2.39. The zero-order valence-electron chi connectivity index (χ0n) is 10.8. The summed E-state index contributed by atoms with van der Waals surface area (Å²) in [5.74, 6) is -0.237. The van der Waals surface area contributed by atoms with E-state index in [2.05, 4.69) is 12.2 Å². The number of amides is 1. The Balaban J connectivity index is 1.99. The van der Waals surface area contributed by atoms with Crippen LogP contribution in [0.2, 0.25) is 0 Å². The van der Waals surface area contributed by atoms with E-state index in [0.717, 1.165) is 24.2 Å². The van der Waals surface area contributed by atoms with E-state index in [4.69, 9.17) is 5.14 Å². The molecule has 1 saturated carbocycles. The molecule has 1 aromatic rings. The van der Waals surface area contributed by atoms with Crippen LogP contribution in [0.3, 0.4) is 0 Å². The Labute approximate surface area is 117 Å². The van der Waals surface area contributed by atoms with Crippen LogP contribution in [0.25, 0.3) is 0 Å². The largest absolute Gasteiger partial charge is 0.351 e. The zero-order valence-corrected chi connectivity index (χ0v) is 12.4. The van der Waals surface area contributed by atoms with E-state index in [1.54, 1.807) is 0 Å². The second-order valence-electron chi connectivity index (χ2n) is 5.40.